The largest absolute Gasteiger partial charge is 0.383 e. The van der Waals surface area contributed by atoms with Gasteiger partial charge in [-0.1, -0.05) is 17.8 Å². The average molecular weight is 404 g/mol. The van der Waals surface area contributed by atoms with Crippen molar-refractivity contribution in [2.45, 2.75) is 29.7 Å². The fraction of sp³-hybridized carbons (Fsp3) is 0.412. The summed E-state index contributed by atoms with van der Waals surface area (Å²) >= 11 is 3.31. The smallest absolute Gasteiger partial charge is 0.234 e. The van der Waals surface area contributed by atoms with E-state index in [1.165, 1.54) is 17.7 Å². The lowest BCUT2D eigenvalue weighted by Crippen LogP contribution is -2.12. The highest BCUT2D eigenvalue weighted by Crippen LogP contribution is 2.39. The van der Waals surface area contributed by atoms with Gasteiger partial charge in [-0.2, -0.15) is 20.1 Å². The predicted molar refractivity (Wildman–Crippen MR) is 108 cm³/mol. The molecule has 0 aromatic carbocycles. The normalized spacial score (nSPS) is 13.7. The summed E-state index contributed by atoms with van der Waals surface area (Å²) in [6, 6.07) is 6.19. The zero-order chi connectivity index (χ0) is 18.5. The number of hydrogen-bond acceptors (Lipinski definition) is 9. The predicted octanol–water partition coefficient (Wildman–Crippen LogP) is 3.63. The van der Waals surface area contributed by atoms with E-state index in [1.54, 1.807) is 30.2 Å². The minimum Gasteiger partial charge on any atom is -0.383 e. The molecule has 3 N–H and O–H groups in total. The second-order valence-corrected chi connectivity index (χ2v) is 8.14. The fourth-order valence-electron chi connectivity index (χ4n) is 2.47. The van der Waals surface area contributed by atoms with Crippen molar-refractivity contribution in [1.82, 2.24) is 25.1 Å². The van der Waals surface area contributed by atoms with Crippen molar-refractivity contribution < 1.29 is 4.74 Å². The minimum absolute atomic E-state index is 0.479. The molecular weight excluding hydrogens is 382 g/mol. The first kappa shape index (κ1) is 18.2. The Labute approximate surface area is 165 Å². The molecular formula is C17H21N7OS2. The number of ether oxygens (including phenoxy) is 1. The number of H-pyrrole nitrogens is 1. The first-order valence-electron chi connectivity index (χ1n) is 8.76. The monoisotopic (exact) mass is 403 g/mol. The minimum atomic E-state index is 0.479. The Hall–Kier alpha value is -2.17. The van der Waals surface area contributed by atoms with Crippen LogP contribution in [0.15, 0.2) is 28.7 Å². The number of hydrogen-bond donors (Lipinski definition) is 3. The lowest BCUT2D eigenvalue weighted by Gasteiger charge is -2.08. The standard InChI is InChI=1S/C17H21N7OS2/c1-25-7-6-18-15-20-16(19-14-9-13(23-24-14)11-4-5-11)22-17(21-15)27-10-12-3-2-8-26-12/h2-3,8-9,11H,4-7,10H2,1H3,(H3,18,19,20,21,22,23,24). The highest BCUT2D eigenvalue weighted by Gasteiger charge is 2.25. The third-order valence-electron chi connectivity index (χ3n) is 3.98. The molecule has 1 aliphatic carbocycles. The molecule has 0 unspecified atom stereocenters. The first-order chi connectivity index (χ1) is 13.3. The molecule has 0 bridgehead atoms. The van der Waals surface area contributed by atoms with Gasteiger partial charge in [0.25, 0.3) is 0 Å². The SMILES string of the molecule is COCCNc1nc(Nc2cc(C3CC3)[nH]n2)nc(SCc2cccs2)n1. The van der Waals surface area contributed by atoms with Crippen LogP contribution in [0.25, 0.3) is 0 Å². The summed E-state index contributed by atoms with van der Waals surface area (Å²) in [7, 11) is 1.67. The molecule has 0 saturated heterocycles. The number of nitrogens with one attached hydrogen (secondary N) is 3. The quantitative estimate of drug-likeness (QED) is 0.348. The van der Waals surface area contributed by atoms with Gasteiger partial charge in [0.1, 0.15) is 0 Å². The van der Waals surface area contributed by atoms with Crippen LogP contribution in [0, 0.1) is 0 Å². The maximum absolute atomic E-state index is 5.08. The Morgan fingerprint density at radius 3 is 2.96 bits per heavy atom. The van der Waals surface area contributed by atoms with E-state index in [9.17, 15) is 0 Å². The molecule has 1 fully saturated rings. The summed E-state index contributed by atoms with van der Waals surface area (Å²) in [5.41, 5.74) is 1.16. The van der Waals surface area contributed by atoms with Crippen LogP contribution >= 0.6 is 23.1 Å². The van der Waals surface area contributed by atoms with Crippen LogP contribution in [-0.4, -0.2) is 45.4 Å². The van der Waals surface area contributed by atoms with Crippen LogP contribution in [0.1, 0.15) is 29.3 Å². The van der Waals surface area contributed by atoms with Gasteiger partial charge in [-0.15, -0.1) is 11.3 Å². The van der Waals surface area contributed by atoms with Crippen molar-refractivity contribution in [3.63, 3.8) is 0 Å². The van der Waals surface area contributed by atoms with Crippen molar-refractivity contribution in [3.05, 3.63) is 34.2 Å². The highest BCUT2D eigenvalue weighted by atomic mass is 32.2. The topological polar surface area (TPSA) is 101 Å². The molecule has 3 aromatic heterocycles. The van der Waals surface area contributed by atoms with E-state index < -0.39 is 0 Å². The van der Waals surface area contributed by atoms with Gasteiger partial charge in [-0.05, 0) is 24.3 Å². The van der Waals surface area contributed by atoms with Crippen LogP contribution in [0.3, 0.4) is 0 Å². The molecule has 0 radical (unpaired) electrons. The van der Waals surface area contributed by atoms with Crippen LogP contribution < -0.4 is 10.6 Å². The van der Waals surface area contributed by atoms with Crippen molar-refractivity contribution in [2.75, 3.05) is 30.9 Å². The van der Waals surface area contributed by atoms with E-state index in [0.717, 1.165) is 17.3 Å². The summed E-state index contributed by atoms with van der Waals surface area (Å²) in [6.45, 7) is 1.21. The lowest BCUT2D eigenvalue weighted by atomic mass is 10.3. The van der Waals surface area contributed by atoms with E-state index in [-0.39, 0.29) is 0 Å². The van der Waals surface area contributed by atoms with Gasteiger partial charge < -0.3 is 15.4 Å². The van der Waals surface area contributed by atoms with Crippen LogP contribution in [-0.2, 0) is 10.5 Å². The van der Waals surface area contributed by atoms with Crippen molar-refractivity contribution >= 4 is 40.8 Å². The number of aromatic nitrogens is 5. The molecule has 0 aliphatic heterocycles. The van der Waals surface area contributed by atoms with E-state index in [4.69, 9.17) is 4.74 Å². The Morgan fingerprint density at radius 2 is 2.19 bits per heavy atom. The zero-order valence-corrected chi connectivity index (χ0v) is 16.6. The second-order valence-electron chi connectivity index (χ2n) is 6.16. The van der Waals surface area contributed by atoms with Crippen LogP contribution in [0.5, 0.6) is 0 Å². The van der Waals surface area contributed by atoms with E-state index in [0.29, 0.717) is 36.1 Å². The molecule has 3 aromatic rings. The third kappa shape index (κ3) is 5.18. The zero-order valence-electron chi connectivity index (χ0n) is 14.9. The van der Waals surface area contributed by atoms with Crippen molar-refractivity contribution in [1.29, 1.82) is 0 Å². The van der Waals surface area contributed by atoms with E-state index >= 15 is 0 Å². The average Bonchev–Trinajstić information content (AvgIpc) is 3.19. The van der Waals surface area contributed by atoms with Crippen LogP contribution in [0.2, 0.25) is 0 Å². The Bertz CT molecular complexity index is 864. The Kier molecular flexibility index (Phi) is 5.85. The van der Waals surface area contributed by atoms with Crippen molar-refractivity contribution in [3.8, 4) is 0 Å². The van der Waals surface area contributed by atoms with Gasteiger partial charge in [0.15, 0.2) is 11.0 Å². The number of aromatic amines is 1. The van der Waals surface area contributed by atoms with Gasteiger partial charge in [-0.25, -0.2) is 0 Å². The number of thiophene rings is 1. The fourth-order valence-corrected chi connectivity index (χ4v) is 4.08. The van der Waals surface area contributed by atoms with Gasteiger partial charge in [0, 0.05) is 42.0 Å². The summed E-state index contributed by atoms with van der Waals surface area (Å²) in [4.78, 5) is 14.8. The maximum atomic E-state index is 5.08. The molecule has 4 rings (SSSR count). The summed E-state index contributed by atoms with van der Waals surface area (Å²) in [5, 5.41) is 16.5. The summed E-state index contributed by atoms with van der Waals surface area (Å²) < 4.78 is 5.08. The van der Waals surface area contributed by atoms with E-state index in [2.05, 4.69) is 47.2 Å². The number of methoxy groups -OCH3 is 1. The van der Waals surface area contributed by atoms with Gasteiger partial charge in [0.05, 0.1) is 6.61 Å². The number of nitrogens with zero attached hydrogens (tertiary/aromatic N) is 4. The van der Waals surface area contributed by atoms with Gasteiger partial charge in [0.2, 0.25) is 11.9 Å². The third-order valence-corrected chi connectivity index (χ3v) is 5.94. The summed E-state index contributed by atoms with van der Waals surface area (Å²) in [5.74, 6) is 3.17. The number of anilines is 3. The maximum Gasteiger partial charge on any atom is 0.234 e. The molecule has 10 heteroatoms. The Morgan fingerprint density at radius 1 is 1.30 bits per heavy atom. The van der Waals surface area contributed by atoms with E-state index in [1.807, 2.05) is 12.1 Å². The first-order valence-corrected chi connectivity index (χ1v) is 10.6. The summed E-state index contributed by atoms with van der Waals surface area (Å²) in [6.07, 6.45) is 2.45. The van der Waals surface area contributed by atoms with Crippen molar-refractivity contribution in [2.24, 2.45) is 0 Å². The molecule has 0 atom stereocenters. The van der Waals surface area contributed by atoms with Gasteiger partial charge >= 0.3 is 0 Å². The molecule has 1 saturated carbocycles. The number of thioether (sulfide) groups is 1. The molecule has 3 heterocycles. The lowest BCUT2D eigenvalue weighted by molar-refractivity contribution is 0.210. The molecule has 27 heavy (non-hydrogen) atoms. The number of rotatable bonds is 10. The molecule has 0 amide bonds. The molecule has 142 valence electrons. The molecule has 1 aliphatic rings. The Balaban J connectivity index is 1.48. The highest BCUT2D eigenvalue weighted by molar-refractivity contribution is 7.98. The van der Waals surface area contributed by atoms with Gasteiger partial charge in [-0.3, -0.25) is 5.10 Å². The van der Waals surface area contributed by atoms with Crippen LogP contribution in [0.4, 0.5) is 17.7 Å². The molecule has 0 spiro atoms. The molecule has 8 nitrogen and oxygen atoms in total. The second kappa shape index (κ2) is 8.68.